The number of H-pyrrole nitrogens is 1. The number of anilines is 1. The van der Waals surface area contributed by atoms with Crippen LogP contribution in [-0.2, 0) is 32.4 Å². The van der Waals surface area contributed by atoms with Gasteiger partial charge in [-0.2, -0.15) is 19.7 Å². The van der Waals surface area contributed by atoms with E-state index in [1.807, 2.05) is 35.6 Å². The van der Waals surface area contributed by atoms with Crippen LogP contribution < -0.4 is 21.7 Å². The van der Waals surface area contributed by atoms with E-state index in [0.717, 1.165) is 38.8 Å². The molecule has 0 radical (unpaired) electrons. The number of thioether (sulfide) groups is 1. The molecule has 0 spiro atoms. The Labute approximate surface area is 255 Å². The van der Waals surface area contributed by atoms with E-state index in [0.29, 0.717) is 5.57 Å². The number of hydrogen-bond donors (Lipinski definition) is 6. The maximum Gasteiger partial charge on any atom is 0.352 e. The van der Waals surface area contributed by atoms with Crippen molar-refractivity contribution >= 4 is 58.0 Å². The van der Waals surface area contributed by atoms with E-state index in [2.05, 4.69) is 35.2 Å². The van der Waals surface area contributed by atoms with E-state index < -0.39 is 40.9 Å². The molecule has 19 heteroatoms. The Morgan fingerprint density at radius 2 is 2.07 bits per heavy atom. The largest absolute Gasteiger partial charge is 0.477 e. The lowest BCUT2D eigenvalue weighted by Gasteiger charge is -2.49. The standard InChI is InChI=1S/C25H21FN10O6S2/c26-42-34-16(19-33-24(28)44-35-19)20(37)32-17-21(38)36-18(23(39)40)14(9-43-22(17)36)5-11-1-3-12(4-2-11)13-6-15(29-7-13)8-30-25(41)31-10-27/h1-4,6-7,17,22,29H,5,8-9H2,(H,32,37)(H,39,40)(H2,28,33,35)(H2,30,31,41)/b34-16-. The summed E-state index contributed by atoms with van der Waals surface area (Å²) in [7, 11) is 0. The van der Waals surface area contributed by atoms with Crippen LogP contribution in [0.25, 0.3) is 11.1 Å². The van der Waals surface area contributed by atoms with Gasteiger partial charge >= 0.3 is 12.0 Å². The van der Waals surface area contributed by atoms with Crippen molar-refractivity contribution in [3.8, 4) is 17.3 Å². The van der Waals surface area contributed by atoms with Gasteiger partial charge in [-0.05, 0) is 39.9 Å². The van der Waals surface area contributed by atoms with Gasteiger partial charge < -0.3 is 26.5 Å². The van der Waals surface area contributed by atoms with Crippen LogP contribution in [0.5, 0.6) is 0 Å². The summed E-state index contributed by atoms with van der Waals surface area (Å²) in [5, 5.41) is 30.9. The number of nitrogens with zero attached hydrogens (tertiary/aromatic N) is 5. The van der Waals surface area contributed by atoms with Crippen molar-refractivity contribution in [3.05, 3.63) is 64.9 Å². The van der Waals surface area contributed by atoms with Gasteiger partial charge in [0.15, 0.2) is 11.3 Å². The van der Waals surface area contributed by atoms with Gasteiger partial charge in [0, 0.05) is 33.7 Å². The highest BCUT2D eigenvalue weighted by Crippen LogP contribution is 2.41. The van der Waals surface area contributed by atoms with Gasteiger partial charge in [-0.1, -0.05) is 24.3 Å². The zero-order chi connectivity index (χ0) is 31.4. The molecular formula is C25H21FN10O6S2. The first kappa shape index (κ1) is 30.0. The average Bonchev–Trinajstić information content (AvgIpc) is 3.66. The summed E-state index contributed by atoms with van der Waals surface area (Å²) in [4.78, 5) is 57.4. The molecule has 44 heavy (non-hydrogen) atoms. The van der Waals surface area contributed by atoms with Gasteiger partial charge in [0.1, 0.15) is 17.1 Å². The number of carboxylic acid groups (broad SMARTS) is 1. The number of aromatic amines is 1. The van der Waals surface area contributed by atoms with Crippen molar-refractivity contribution < 1.29 is 33.9 Å². The number of rotatable bonds is 10. The van der Waals surface area contributed by atoms with E-state index >= 15 is 0 Å². The van der Waals surface area contributed by atoms with Gasteiger partial charge in [-0.25, -0.2) is 14.9 Å². The van der Waals surface area contributed by atoms with Gasteiger partial charge in [0.05, 0.1) is 6.54 Å². The minimum absolute atomic E-state index is 0.00117. The second-order valence-electron chi connectivity index (χ2n) is 9.29. The van der Waals surface area contributed by atoms with Crippen LogP contribution in [0.4, 0.5) is 14.5 Å². The van der Waals surface area contributed by atoms with Crippen LogP contribution in [0.15, 0.2) is 53.0 Å². The van der Waals surface area contributed by atoms with Crippen molar-refractivity contribution in [2.45, 2.75) is 24.4 Å². The zero-order valence-corrected chi connectivity index (χ0v) is 23.9. The molecule has 2 aliphatic rings. The molecule has 16 nitrogen and oxygen atoms in total. The number of benzene rings is 1. The normalized spacial score (nSPS) is 17.7. The molecule has 2 aromatic heterocycles. The fourth-order valence-electron chi connectivity index (χ4n) is 4.62. The van der Waals surface area contributed by atoms with Crippen molar-refractivity contribution in [2.75, 3.05) is 11.5 Å². The lowest BCUT2D eigenvalue weighted by molar-refractivity contribution is -0.150. The smallest absolute Gasteiger partial charge is 0.352 e. The average molecular weight is 641 g/mol. The van der Waals surface area contributed by atoms with Crippen LogP contribution in [0.3, 0.4) is 0 Å². The van der Waals surface area contributed by atoms with Crippen molar-refractivity contribution in [1.29, 1.82) is 5.26 Å². The van der Waals surface area contributed by atoms with E-state index in [1.165, 1.54) is 11.8 Å². The number of β-lactam (4-membered cyclic amide) rings is 1. The van der Waals surface area contributed by atoms with E-state index in [9.17, 15) is 28.8 Å². The van der Waals surface area contributed by atoms with Crippen LogP contribution in [0, 0.1) is 11.5 Å². The highest BCUT2D eigenvalue weighted by atomic mass is 32.2. The van der Waals surface area contributed by atoms with Crippen molar-refractivity contribution in [2.24, 2.45) is 5.16 Å². The Hall–Kier alpha value is -5.48. The van der Waals surface area contributed by atoms with Gasteiger partial charge in [-0.3, -0.25) is 14.5 Å². The number of nitrogens with one attached hydrogen (secondary N) is 4. The lowest BCUT2D eigenvalue weighted by atomic mass is 9.97. The van der Waals surface area contributed by atoms with Gasteiger partial charge in [-0.15, -0.1) is 11.8 Å². The Morgan fingerprint density at radius 1 is 1.30 bits per heavy atom. The highest BCUT2D eigenvalue weighted by Gasteiger charge is 2.54. The van der Waals surface area contributed by atoms with Gasteiger partial charge in [0.25, 0.3) is 11.8 Å². The van der Waals surface area contributed by atoms with E-state index in [4.69, 9.17) is 11.0 Å². The number of carbonyl (C=O) groups excluding carboxylic acids is 3. The maximum atomic E-state index is 13.0. The summed E-state index contributed by atoms with van der Waals surface area (Å²) in [6.07, 6.45) is 3.57. The Kier molecular flexibility index (Phi) is 8.73. The number of oxime groups is 1. The number of urea groups is 1. The molecule has 2 aliphatic heterocycles. The predicted molar refractivity (Wildman–Crippen MR) is 154 cm³/mol. The number of nitrogen functional groups attached to an aromatic ring is 1. The van der Waals surface area contributed by atoms with Crippen LogP contribution in [0.1, 0.15) is 17.1 Å². The predicted octanol–water partition coefficient (Wildman–Crippen LogP) is 0.982. The number of carbonyl (C=O) groups is 4. The molecule has 1 saturated heterocycles. The molecule has 5 rings (SSSR count). The Bertz CT molecular complexity index is 1730. The molecule has 226 valence electrons. The number of nitrogens with two attached hydrogens (primary N) is 1. The molecule has 2 atom stereocenters. The molecule has 4 amide bonds. The molecule has 0 bridgehead atoms. The third kappa shape index (κ3) is 6.16. The molecule has 1 aromatic carbocycles. The monoisotopic (exact) mass is 640 g/mol. The summed E-state index contributed by atoms with van der Waals surface area (Å²) in [5.74, 6) is -2.96. The van der Waals surface area contributed by atoms with Crippen molar-refractivity contribution in [3.63, 3.8) is 0 Å². The number of aliphatic carboxylic acids is 1. The summed E-state index contributed by atoms with van der Waals surface area (Å²) < 4.78 is 16.3. The molecule has 2 unspecified atom stereocenters. The van der Waals surface area contributed by atoms with Gasteiger partial charge in [0.2, 0.25) is 11.5 Å². The van der Waals surface area contributed by atoms with Crippen LogP contribution in [0.2, 0.25) is 0 Å². The third-order valence-electron chi connectivity index (χ3n) is 6.59. The fraction of sp³-hybridized carbons (Fsp3) is 0.200. The second kappa shape index (κ2) is 12.8. The fourth-order valence-corrected chi connectivity index (χ4v) is 6.40. The number of hydrogen-bond acceptors (Lipinski definition) is 12. The molecule has 3 aromatic rings. The Balaban J connectivity index is 1.25. The minimum atomic E-state index is -1.29. The maximum absolute atomic E-state index is 13.0. The first-order chi connectivity index (χ1) is 21.2. The summed E-state index contributed by atoms with van der Waals surface area (Å²) in [6, 6.07) is 7.54. The number of nitriles is 1. The second-order valence-corrected chi connectivity index (χ2v) is 11.2. The molecule has 0 aliphatic carbocycles. The van der Waals surface area contributed by atoms with Crippen LogP contribution >= 0.6 is 23.3 Å². The SMILES string of the molecule is N#CNC(=O)NCc1cc(-c2ccc(CC3=C(C(=O)O)N4C(=O)C(NC(=O)/C(=N\OF)c5nsc(N)n5)C4SC3)cc2)c[nH]1. The Morgan fingerprint density at radius 3 is 2.73 bits per heavy atom. The molecule has 1 fully saturated rings. The number of amides is 4. The summed E-state index contributed by atoms with van der Waals surface area (Å²) >= 11 is 2.02. The van der Waals surface area contributed by atoms with Crippen LogP contribution in [-0.4, -0.2) is 71.0 Å². The number of halogens is 1. The summed E-state index contributed by atoms with van der Waals surface area (Å²) in [6.45, 7) is 0.190. The first-order valence-corrected chi connectivity index (χ1v) is 14.4. The lowest BCUT2D eigenvalue weighted by Crippen LogP contribution is -2.71. The highest BCUT2D eigenvalue weighted by molar-refractivity contribution is 8.00. The molecule has 7 N–H and O–H groups in total. The topological polar surface area (TPSA) is 241 Å². The number of fused-ring (bicyclic) bond motifs is 1. The number of aromatic nitrogens is 3. The molecular weight excluding hydrogens is 619 g/mol. The number of carboxylic acids is 1. The molecule has 0 saturated carbocycles. The van der Waals surface area contributed by atoms with Crippen molar-refractivity contribution in [1.82, 2.24) is 35.2 Å². The third-order valence-corrected chi connectivity index (χ3v) is 8.47. The molecule has 4 heterocycles. The first-order valence-electron chi connectivity index (χ1n) is 12.6. The summed E-state index contributed by atoms with van der Waals surface area (Å²) in [5.41, 5.74) is 8.49. The quantitative estimate of drug-likeness (QED) is 0.0600. The minimum Gasteiger partial charge on any atom is -0.477 e. The zero-order valence-electron chi connectivity index (χ0n) is 22.2. The van der Waals surface area contributed by atoms with E-state index in [-0.39, 0.29) is 35.4 Å². The van der Waals surface area contributed by atoms with E-state index in [1.54, 1.807) is 12.4 Å².